The first-order valence-electron chi connectivity index (χ1n) is 6.40. The van der Waals surface area contributed by atoms with Crippen LogP contribution in [-0.2, 0) is 6.42 Å². The molecule has 108 valence electrons. The van der Waals surface area contributed by atoms with E-state index in [9.17, 15) is 0 Å². The molecule has 0 radical (unpaired) electrons. The van der Waals surface area contributed by atoms with Gasteiger partial charge >= 0.3 is 0 Å². The molecule has 0 aliphatic carbocycles. The Morgan fingerprint density at radius 2 is 1.55 bits per heavy atom. The van der Waals surface area contributed by atoms with Crippen molar-refractivity contribution in [2.45, 2.75) is 25.8 Å². The Balaban J connectivity index is 0.00000200. The monoisotopic (exact) mass is 329 g/mol. The zero-order valence-corrected chi connectivity index (χ0v) is 13.6. The molecule has 2 N–H and O–H groups in total. The van der Waals surface area contributed by atoms with Crippen LogP contribution in [0.25, 0.3) is 11.1 Å². The standard InChI is InChI=1S/C16H17Cl2N.ClH/c1-2-14(19)9-11-3-5-12(6-4-11)13-7-8-15(17)16(18)10-13;/h3-8,10,14H,2,9,19H2,1H3;1H. The second-order valence-electron chi connectivity index (χ2n) is 4.70. The van der Waals surface area contributed by atoms with E-state index in [1.165, 1.54) is 5.56 Å². The summed E-state index contributed by atoms with van der Waals surface area (Å²) in [7, 11) is 0. The normalized spacial score (nSPS) is 11.8. The Labute approximate surface area is 136 Å². The summed E-state index contributed by atoms with van der Waals surface area (Å²) in [6.45, 7) is 2.11. The second kappa shape index (κ2) is 7.90. The van der Waals surface area contributed by atoms with Crippen molar-refractivity contribution in [3.8, 4) is 11.1 Å². The molecule has 1 atom stereocenters. The van der Waals surface area contributed by atoms with Crippen molar-refractivity contribution in [2.24, 2.45) is 5.73 Å². The minimum atomic E-state index is 0. The van der Waals surface area contributed by atoms with Crippen LogP contribution in [0.15, 0.2) is 42.5 Å². The van der Waals surface area contributed by atoms with Crippen LogP contribution in [0.1, 0.15) is 18.9 Å². The Morgan fingerprint density at radius 1 is 0.950 bits per heavy atom. The molecule has 2 aromatic rings. The summed E-state index contributed by atoms with van der Waals surface area (Å²) in [5, 5.41) is 1.16. The fraction of sp³-hybridized carbons (Fsp3) is 0.250. The predicted molar refractivity (Wildman–Crippen MR) is 91.1 cm³/mol. The van der Waals surface area contributed by atoms with Crippen LogP contribution in [-0.4, -0.2) is 6.04 Å². The molecule has 0 aliphatic heterocycles. The van der Waals surface area contributed by atoms with E-state index in [1.54, 1.807) is 0 Å². The van der Waals surface area contributed by atoms with Crippen LogP contribution in [0.5, 0.6) is 0 Å². The third-order valence-corrected chi connectivity index (χ3v) is 3.97. The van der Waals surface area contributed by atoms with Gasteiger partial charge in [-0.05, 0) is 41.7 Å². The average molecular weight is 331 g/mol. The molecule has 0 saturated carbocycles. The fourth-order valence-corrected chi connectivity index (χ4v) is 2.25. The highest BCUT2D eigenvalue weighted by atomic mass is 35.5. The van der Waals surface area contributed by atoms with Gasteiger partial charge in [0.1, 0.15) is 0 Å². The highest BCUT2D eigenvalue weighted by Crippen LogP contribution is 2.28. The maximum absolute atomic E-state index is 6.03. The molecule has 1 nitrogen and oxygen atoms in total. The first-order valence-corrected chi connectivity index (χ1v) is 7.15. The summed E-state index contributed by atoms with van der Waals surface area (Å²) in [5.74, 6) is 0. The Kier molecular flexibility index (Phi) is 6.84. The Bertz CT molecular complexity index is 552. The molecule has 0 heterocycles. The van der Waals surface area contributed by atoms with Crippen LogP contribution >= 0.6 is 35.6 Å². The van der Waals surface area contributed by atoms with E-state index in [4.69, 9.17) is 28.9 Å². The predicted octanol–water partition coefficient (Wildman–Crippen LogP) is 5.36. The number of hydrogen-bond acceptors (Lipinski definition) is 1. The lowest BCUT2D eigenvalue weighted by molar-refractivity contribution is 0.646. The van der Waals surface area contributed by atoms with E-state index in [0.29, 0.717) is 10.0 Å². The molecule has 0 amide bonds. The minimum absolute atomic E-state index is 0. The maximum atomic E-state index is 6.03. The first-order chi connectivity index (χ1) is 9.10. The molecule has 2 rings (SSSR count). The zero-order valence-electron chi connectivity index (χ0n) is 11.3. The quantitative estimate of drug-likeness (QED) is 0.802. The van der Waals surface area contributed by atoms with Gasteiger partial charge in [0, 0.05) is 6.04 Å². The molecule has 4 heteroatoms. The summed E-state index contributed by atoms with van der Waals surface area (Å²) >= 11 is 12.0. The summed E-state index contributed by atoms with van der Waals surface area (Å²) in [5.41, 5.74) is 9.42. The van der Waals surface area contributed by atoms with Gasteiger partial charge in [-0.1, -0.05) is 60.5 Å². The molecule has 2 aromatic carbocycles. The molecule has 0 spiro atoms. The van der Waals surface area contributed by atoms with Crippen molar-refractivity contribution in [3.05, 3.63) is 58.1 Å². The van der Waals surface area contributed by atoms with E-state index in [-0.39, 0.29) is 18.4 Å². The molecule has 0 aromatic heterocycles. The van der Waals surface area contributed by atoms with Gasteiger partial charge in [-0.3, -0.25) is 0 Å². The SMILES string of the molecule is CCC(N)Cc1ccc(-c2ccc(Cl)c(Cl)c2)cc1.Cl. The van der Waals surface area contributed by atoms with Gasteiger partial charge in [0.25, 0.3) is 0 Å². The third-order valence-electron chi connectivity index (χ3n) is 3.23. The van der Waals surface area contributed by atoms with E-state index in [2.05, 4.69) is 31.2 Å². The second-order valence-corrected chi connectivity index (χ2v) is 5.51. The molecule has 0 saturated heterocycles. The summed E-state index contributed by atoms with van der Waals surface area (Å²) in [4.78, 5) is 0. The van der Waals surface area contributed by atoms with Crippen molar-refractivity contribution in [1.82, 2.24) is 0 Å². The maximum Gasteiger partial charge on any atom is 0.0598 e. The number of halogens is 3. The number of rotatable bonds is 4. The molecule has 1 unspecified atom stereocenters. The number of hydrogen-bond donors (Lipinski definition) is 1. The fourth-order valence-electron chi connectivity index (χ4n) is 1.96. The van der Waals surface area contributed by atoms with Crippen LogP contribution in [0.3, 0.4) is 0 Å². The van der Waals surface area contributed by atoms with E-state index in [1.807, 2.05) is 18.2 Å². The van der Waals surface area contributed by atoms with Crippen LogP contribution in [0.4, 0.5) is 0 Å². The van der Waals surface area contributed by atoms with Crippen molar-refractivity contribution < 1.29 is 0 Å². The molecule has 0 fully saturated rings. The van der Waals surface area contributed by atoms with Crippen LogP contribution in [0.2, 0.25) is 10.0 Å². The van der Waals surface area contributed by atoms with Crippen molar-refractivity contribution in [3.63, 3.8) is 0 Å². The van der Waals surface area contributed by atoms with Gasteiger partial charge in [0.05, 0.1) is 10.0 Å². The number of benzene rings is 2. The van der Waals surface area contributed by atoms with E-state index < -0.39 is 0 Å². The zero-order chi connectivity index (χ0) is 13.8. The van der Waals surface area contributed by atoms with Crippen molar-refractivity contribution in [1.29, 1.82) is 0 Å². The van der Waals surface area contributed by atoms with Gasteiger partial charge in [-0.2, -0.15) is 0 Å². The van der Waals surface area contributed by atoms with Gasteiger partial charge in [0.15, 0.2) is 0 Å². The lowest BCUT2D eigenvalue weighted by Gasteiger charge is -2.09. The lowest BCUT2D eigenvalue weighted by atomic mass is 10.0. The van der Waals surface area contributed by atoms with Crippen molar-refractivity contribution >= 4 is 35.6 Å². The smallest absolute Gasteiger partial charge is 0.0598 e. The largest absolute Gasteiger partial charge is 0.327 e. The van der Waals surface area contributed by atoms with Gasteiger partial charge in [-0.15, -0.1) is 12.4 Å². The molecular weight excluding hydrogens is 313 g/mol. The summed E-state index contributed by atoms with van der Waals surface area (Å²) < 4.78 is 0. The highest BCUT2D eigenvalue weighted by molar-refractivity contribution is 6.42. The van der Waals surface area contributed by atoms with Gasteiger partial charge in [0.2, 0.25) is 0 Å². The van der Waals surface area contributed by atoms with Crippen LogP contribution in [0, 0.1) is 0 Å². The van der Waals surface area contributed by atoms with E-state index in [0.717, 1.165) is 24.0 Å². The first kappa shape index (κ1) is 17.3. The molecule has 20 heavy (non-hydrogen) atoms. The highest BCUT2D eigenvalue weighted by Gasteiger charge is 2.04. The Hall–Kier alpha value is -0.730. The topological polar surface area (TPSA) is 26.0 Å². The van der Waals surface area contributed by atoms with Gasteiger partial charge < -0.3 is 5.73 Å². The minimum Gasteiger partial charge on any atom is -0.327 e. The van der Waals surface area contributed by atoms with Crippen molar-refractivity contribution in [2.75, 3.05) is 0 Å². The third kappa shape index (κ3) is 4.39. The number of nitrogens with two attached hydrogens (primary N) is 1. The Morgan fingerprint density at radius 3 is 2.10 bits per heavy atom. The average Bonchev–Trinajstić information content (AvgIpc) is 2.42. The van der Waals surface area contributed by atoms with Gasteiger partial charge in [-0.25, -0.2) is 0 Å². The van der Waals surface area contributed by atoms with Crippen LogP contribution < -0.4 is 5.73 Å². The van der Waals surface area contributed by atoms with E-state index >= 15 is 0 Å². The summed E-state index contributed by atoms with van der Waals surface area (Å²) in [6, 6.07) is 14.3. The molecule has 0 bridgehead atoms. The lowest BCUT2D eigenvalue weighted by Crippen LogP contribution is -2.21. The summed E-state index contributed by atoms with van der Waals surface area (Å²) in [6.07, 6.45) is 1.91. The molecular formula is C16H18Cl3N. The molecule has 0 aliphatic rings.